The van der Waals surface area contributed by atoms with Crippen molar-refractivity contribution < 1.29 is 4.74 Å². The van der Waals surface area contributed by atoms with E-state index in [1.54, 1.807) is 18.2 Å². The number of nitrogen functional groups attached to an aromatic ring is 2. The van der Waals surface area contributed by atoms with Crippen LogP contribution in [0.1, 0.15) is 19.8 Å². The zero-order chi connectivity index (χ0) is 19.4. The van der Waals surface area contributed by atoms with E-state index in [0.717, 1.165) is 17.6 Å². The topological polar surface area (TPSA) is 103 Å². The fourth-order valence-electron chi connectivity index (χ4n) is 2.75. The standard InChI is InChI=1S/C14H17ClN6O.C4H8S/c1-8-7-22-3-2-21(8)13-6-12(17)19-14(20-13)9-4-10(15)18-11(16)5-9;1-5-4-2-3-4/h4-6,8H,2-3,7H2,1H3,(H2,16,18)(H2,17,19,20);4H,2-3H2,1H3. The number of rotatable bonds is 3. The molecule has 2 aromatic heterocycles. The van der Waals surface area contributed by atoms with Gasteiger partial charge in [-0.3, -0.25) is 0 Å². The van der Waals surface area contributed by atoms with Crippen LogP contribution in [0.5, 0.6) is 0 Å². The Morgan fingerprint density at radius 3 is 2.48 bits per heavy atom. The van der Waals surface area contributed by atoms with Crippen molar-refractivity contribution in [3.63, 3.8) is 0 Å². The summed E-state index contributed by atoms with van der Waals surface area (Å²) in [5, 5.41) is 1.34. The minimum absolute atomic E-state index is 0.224. The highest BCUT2D eigenvalue weighted by Gasteiger charge is 2.21. The van der Waals surface area contributed by atoms with Crippen LogP contribution in [-0.2, 0) is 4.74 Å². The predicted molar refractivity (Wildman–Crippen MR) is 113 cm³/mol. The first-order chi connectivity index (χ1) is 13.0. The van der Waals surface area contributed by atoms with Crippen molar-refractivity contribution in [1.82, 2.24) is 15.0 Å². The molecule has 1 aliphatic heterocycles. The lowest BCUT2D eigenvalue weighted by Gasteiger charge is -2.34. The number of pyridine rings is 1. The molecule has 4 rings (SSSR count). The summed E-state index contributed by atoms with van der Waals surface area (Å²) in [7, 11) is 0. The monoisotopic (exact) mass is 408 g/mol. The quantitative estimate of drug-likeness (QED) is 0.746. The van der Waals surface area contributed by atoms with E-state index in [1.807, 2.05) is 11.8 Å². The first-order valence-electron chi connectivity index (χ1n) is 8.91. The summed E-state index contributed by atoms with van der Waals surface area (Å²) in [6, 6.07) is 5.33. The van der Waals surface area contributed by atoms with Gasteiger partial charge in [0, 0.05) is 23.4 Å². The molecule has 2 fully saturated rings. The Balaban J connectivity index is 0.000000364. The summed E-state index contributed by atoms with van der Waals surface area (Å²) in [5.41, 5.74) is 12.4. The third kappa shape index (κ3) is 5.60. The molecule has 0 radical (unpaired) electrons. The number of aromatic nitrogens is 3. The van der Waals surface area contributed by atoms with Crippen LogP contribution in [0.2, 0.25) is 5.15 Å². The van der Waals surface area contributed by atoms with Gasteiger partial charge in [0.05, 0.1) is 19.3 Å². The molecule has 1 unspecified atom stereocenters. The van der Waals surface area contributed by atoms with Gasteiger partial charge in [0.2, 0.25) is 0 Å². The number of nitrogens with two attached hydrogens (primary N) is 2. The summed E-state index contributed by atoms with van der Waals surface area (Å²) in [5.74, 6) is 1.95. The molecular weight excluding hydrogens is 384 g/mol. The zero-order valence-electron chi connectivity index (χ0n) is 15.6. The van der Waals surface area contributed by atoms with Crippen molar-refractivity contribution in [2.75, 3.05) is 42.4 Å². The van der Waals surface area contributed by atoms with Crippen molar-refractivity contribution >= 4 is 40.8 Å². The van der Waals surface area contributed by atoms with Crippen molar-refractivity contribution in [3.05, 3.63) is 23.4 Å². The lowest BCUT2D eigenvalue weighted by atomic mass is 10.2. The van der Waals surface area contributed by atoms with E-state index in [0.29, 0.717) is 41.4 Å². The molecule has 0 bridgehead atoms. The number of anilines is 3. The summed E-state index contributed by atoms with van der Waals surface area (Å²) in [6.07, 6.45) is 5.12. The molecule has 3 heterocycles. The van der Waals surface area contributed by atoms with Crippen molar-refractivity contribution in [2.24, 2.45) is 0 Å². The van der Waals surface area contributed by atoms with Crippen LogP contribution in [0.3, 0.4) is 0 Å². The van der Waals surface area contributed by atoms with Crippen LogP contribution < -0.4 is 16.4 Å². The third-order valence-corrected chi connectivity index (χ3v) is 5.66. The van der Waals surface area contributed by atoms with Crippen molar-refractivity contribution in [1.29, 1.82) is 0 Å². The first-order valence-corrected chi connectivity index (χ1v) is 10.6. The maximum atomic E-state index is 5.95. The molecule has 1 atom stereocenters. The van der Waals surface area contributed by atoms with Gasteiger partial charge >= 0.3 is 0 Å². The predicted octanol–water partition coefficient (Wildman–Crippen LogP) is 3.09. The molecule has 27 heavy (non-hydrogen) atoms. The molecule has 0 aromatic carbocycles. The maximum Gasteiger partial charge on any atom is 0.164 e. The Morgan fingerprint density at radius 2 is 1.89 bits per heavy atom. The lowest BCUT2D eigenvalue weighted by molar-refractivity contribution is 0.0985. The van der Waals surface area contributed by atoms with Gasteiger partial charge in [-0.15, -0.1) is 0 Å². The van der Waals surface area contributed by atoms with Gasteiger partial charge in [0.1, 0.15) is 22.6 Å². The minimum Gasteiger partial charge on any atom is -0.384 e. The largest absolute Gasteiger partial charge is 0.384 e. The maximum absolute atomic E-state index is 5.95. The molecule has 2 aliphatic rings. The third-order valence-electron chi connectivity index (χ3n) is 4.32. The fraction of sp³-hybridized carbons (Fsp3) is 0.500. The van der Waals surface area contributed by atoms with Crippen LogP contribution in [-0.4, -0.2) is 52.3 Å². The van der Waals surface area contributed by atoms with E-state index in [4.69, 9.17) is 27.8 Å². The Hall–Kier alpha value is -1.77. The molecule has 2 aromatic rings. The summed E-state index contributed by atoms with van der Waals surface area (Å²) in [4.78, 5) is 15.0. The Kier molecular flexibility index (Phi) is 6.62. The smallest absolute Gasteiger partial charge is 0.164 e. The highest BCUT2D eigenvalue weighted by Crippen LogP contribution is 2.31. The van der Waals surface area contributed by atoms with Crippen LogP contribution in [0.25, 0.3) is 11.4 Å². The van der Waals surface area contributed by atoms with Gasteiger partial charge in [-0.25, -0.2) is 15.0 Å². The van der Waals surface area contributed by atoms with Crippen LogP contribution in [0, 0.1) is 0 Å². The Bertz CT molecular complexity index is 768. The second-order valence-electron chi connectivity index (χ2n) is 6.63. The Morgan fingerprint density at radius 1 is 1.15 bits per heavy atom. The van der Waals surface area contributed by atoms with Crippen LogP contribution in [0.15, 0.2) is 18.2 Å². The van der Waals surface area contributed by atoms with E-state index in [9.17, 15) is 0 Å². The normalized spacial score (nSPS) is 19.4. The van der Waals surface area contributed by atoms with Gasteiger partial charge in [0.15, 0.2) is 5.82 Å². The molecule has 1 saturated heterocycles. The Labute approximate surface area is 168 Å². The minimum atomic E-state index is 0.224. The average molecular weight is 409 g/mol. The number of hydrogen-bond donors (Lipinski definition) is 2. The summed E-state index contributed by atoms with van der Waals surface area (Å²) < 4.78 is 5.45. The number of halogens is 1. The van der Waals surface area contributed by atoms with E-state index in [1.165, 1.54) is 12.8 Å². The van der Waals surface area contributed by atoms with E-state index >= 15 is 0 Å². The SMILES string of the molecule is CC1COCCN1c1cc(N)nc(-c2cc(N)nc(Cl)c2)n1.CSC1CC1. The molecule has 1 saturated carbocycles. The molecular formula is C18H25ClN6OS. The average Bonchev–Trinajstić information content (AvgIpc) is 3.46. The molecule has 7 nitrogen and oxygen atoms in total. The number of thioether (sulfide) groups is 1. The van der Waals surface area contributed by atoms with Crippen molar-refractivity contribution in [3.8, 4) is 11.4 Å². The van der Waals surface area contributed by atoms with Gasteiger partial charge in [-0.1, -0.05) is 11.6 Å². The van der Waals surface area contributed by atoms with Gasteiger partial charge in [-0.05, 0) is 38.2 Å². The number of ether oxygens (including phenoxy) is 1. The summed E-state index contributed by atoms with van der Waals surface area (Å²) >= 11 is 7.94. The second kappa shape index (κ2) is 8.95. The molecule has 0 spiro atoms. The van der Waals surface area contributed by atoms with E-state index < -0.39 is 0 Å². The molecule has 0 amide bonds. The first kappa shape index (κ1) is 20.0. The van der Waals surface area contributed by atoms with Crippen LogP contribution >= 0.6 is 23.4 Å². The second-order valence-corrected chi connectivity index (χ2v) is 8.16. The lowest BCUT2D eigenvalue weighted by Crippen LogP contribution is -2.44. The number of hydrogen-bond acceptors (Lipinski definition) is 8. The zero-order valence-corrected chi connectivity index (χ0v) is 17.1. The van der Waals surface area contributed by atoms with Gasteiger partial charge < -0.3 is 21.1 Å². The molecule has 9 heteroatoms. The fourth-order valence-corrected chi connectivity index (χ4v) is 3.57. The van der Waals surface area contributed by atoms with E-state index in [2.05, 4.69) is 33.0 Å². The van der Waals surface area contributed by atoms with Gasteiger partial charge in [-0.2, -0.15) is 11.8 Å². The van der Waals surface area contributed by atoms with Crippen LogP contribution in [0.4, 0.5) is 17.5 Å². The van der Waals surface area contributed by atoms with E-state index in [-0.39, 0.29) is 6.04 Å². The summed E-state index contributed by atoms with van der Waals surface area (Å²) in [6.45, 7) is 4.17. The highest BCUT2D eigenvalue weighted by molar-refractivity contribution is 7.99. The number of morpholine rings is 1. The number of nitrogens with zero attached hydrogens (tertiary/aromatic N) is 4. The highest BCUT2D eigenvalue weighted by atomic mass is 35.5. The molecule has 146 valence electrons. The molecule has 4 N–H and O–H groups in total. The molecule has 1 aliphatic carbocycles. The van der Waals surface area contributed by atoms with Crippen molar-refractivity contribution in [2.45, 2.75) is 31.1 Å². The van der Waals surface area contributed by atoms with Gasteiger partial charge in [0.25, 0.3) is 0 Å².